The van der Waals surface area contributed by atoms with Crippen LogP contribution < -0.4 is 5.32 Å². The predicted octanol–water partition coefficient (Wildman–Crippen LogP) is 4.78. The number of hydrogen-bond donors (Lipinski definition) is 1. The largest absolute Gasteiger partial charge is 0.306 e. The summed E-state index contributed by atoms with van der Waals surface area (Å²) in [6, 6.07) is 11.3. The molecule has 1 N–H and O–H groups in total. The summed E-state index contributed by atoms with van der Waals surface area (Å²) in [5, 5.41) is 3.16. The third kappa shape index (κ3) is 3.83. The molecule has 0 aliphatic heterocycles. The van der Waals surface area contributed by atoms with E-state index in [0.717, 1.165) is 16.2 Å². The first kappa shape index (κ1) is 16.0. The van der Waals surface area contributed by atoms with Crippen LogP contribution in [0.2, 0.25) is 0 Å². The van der Waals surface area contributed by atoms with Crippen LogP contribution in [0.25, 0.3) is 0 Å². The van der Waals surface area contributed by atoms with Crippen LogP contribution >= 0.6 is 11.8 Å². The van der Waals surface area contributed by atoms with E-state index in [1.54, 1.807) is 11.8 Å². The van der Waals surface area contributed by atoms with E-state index in [1.165, 1.54) is 18.2 Å². The molecule has 1 nitrogen and oxygen atoms in total. The number of thioether (sulfide) groups is 1. The van der Waals surface area contributed by atoms with Crippen molar-refractivity contribution in [2.45, 2.75) is 24.8 Å². The van der Waals surface area contributed by atoms with Crippen molar-refractivity contribution in [1.82, 2.24) is 5.32 Å². The number of halogens is 2. The molecule has 0 amide bonds. The maximum Gasteiger partial charge on any atom is 0.131 e. The highest BCUT2D eigenvalue weighted by atomic mass is 32.2. The lowest BCUT2D eigenvalue weighted by molar-refractivity contribution is 0.510. The van der Waals surface area contributed by atoms with Gasteiger partial charge in [0.05, 0.1) is 6.04 Å². The Balaban J connectivity index is 2.38. The molecule has 0 bridgehead atoms. The molecule has 0 fully saturated rings. The molecule has 0 spiro atoms. The van der Waals surface area contributed by atoms with Crippen LogP contribution in [0.4, 0.5) is 8.78 Å². The zero-order valence-corrected chi connectivity index (χ0v) is 13.0. The summed E-state index contributed by atoms with van der Waals surface area (Å²) in [6.07, 6.45) is 0. The average molecular weight is 307 g/mol. The van der Waals surface area contributed by atoms with E-state index in [2.05, 4.69) is 12.2 Å². The van der Waals surface area contributed by atoms with E-state index < -0.39 is 17.7 Å². The average Bonchev–Trinajstić information content (AvgIpc) is 2.47. The minimum Gasteiger partial charge on any atom is -0.306 e. The number of nitrogens with one attached hydrogen (secondary N) is 1. The van der Waals surface area contributed by atoms with Crippen molar-refractivity contribution in [2.24, 2.45) is 0 Å². The van der Waals surface area contributed by atoms with Crippen molar-refractivity contribution < 1.29 is 8.78 Å². The molecule has 2 rings (SSSR count). The molecule has 112 valence electrons. The van der Waals surface area contributed by atoms with Crippen molar-refractivity contribution in [1.29, 1.82) is 0 Å². The van der Waals surface area contributed by atoms with Crippen LogP contribution in [-0.4, -0.2) is 12.3 Å². The second-order valence-corrected chi connectivity index (χ2v) is 5.97. The zero-order chi connectivity index (χ0) is 15.2. The predicted molar refractivity (Wildman–Crippen MR) is 84.7 cm³/mol. The van der Waals surface area contributed by atoms with Crippen LogP contribution in [0, 0.1) is 11.6 Å². The maximum atomic E-state index is 14.0. The van der Waals surface area contributed by atoms with Crippen LogP contribution in [-0.2, 0) is 0 Å². The fourth-order valence-electron chi connectivity index (χ4n) is 2.30. The Hall–Kier alpha value is -1.39. The highest BCUT2D eigenvalue weighted by molar-refractivity contribution is 7.99. The molecular weight excluding hydrogens is 288 g/mol. The van der Waals surface area contributed by atoms with E-state index in [-0.39, 0.29) is 5.56 Å². The second kappa shape index (κ2) is 7.57. The smallest absolute Gasteiger partial charge is 0.131 e. The van der Waals surface area contributed by atoms with Crippen molar-refractivity contribution in [2.75, 3.05) is 12.3 Å². The Morgan fingerprint density at radius 3 is 2.14 bits per heavy atom. The fraction of sp³-hybridized carbons (Fsp3) is 0.294. The van der Waals surface area contributed by atoms with Crippen LogP contribution in [0.15, 0.2) is 47.4 Å². The van der Waals surface area contributed by atoms with Gasteiger partial charge in [-0.1, -0.05) is 32.0 Å². The summed E-state index contributed by atoms with van der Waals surface area (Å²) >= 11 is 1.74. The van der Waals surface area contributed by atoms with Gasteiger partial charge in [-0.25, -0.2) is 8.78 Å². The van der Waals surface area contributed by atoms with E-state index in [1.807, 2.05) is 31.2 Å². The Morgan fingerprint density at radius 2 is 1.62 bits per heavy atom. The van der Waals surface area contributed by atoms with Gasteiger partial charge in [0.2, 0.25) is 0 Å². The summed E-state index contributed by atoms with van der Waals surface area (Å²) < 4.78 is 28.1. The van der Waals surface area contributed by atoms with Gasteiger partial charge in [-0.3, -0.25) is 0 Å². The summed E-state index contributed by atoms with van der Waals surface area (Å²) in [7, 11) is 0. The lowest BCUT2D eigenvalue weighted by Crippen LogP contribution is -2.24. The third-order valence-corrected chi connectivity index (χ3v) is 4.12. The summed E-state index contributed by atoms with van der Waals surface area (Å²) in [5.74, 6) is -0.0429. The molecule has 21 heavy (non-hydrogen) atoms. The number of rotatable bonds is 6. The molecule has 0 heterocycles. The van der Waals surface area contributed by atoms with E-state index in [9.17, 15) is 8.78 Å². The summed E-state index contributed by atoms with van der Waals surface area (Å²) in [5.41, 5.74) is 0.941. The minimum absolute atomic E-state index is 0.0789. The molecular formula is C17H19F2NS. The SMILES string of the molecule is CCNC(c1ccc(SCC)cc1)c1c(F)cccc1F. The molecule has 1 unspecified atom stereocenters. The van der Waals surface area contributed by atoms with Crippen molar-refractivity contribution in [3.05, 3.63) is 65.2 Å². The minimum atomic E-state index is -0.520. The first-order chi connectivity index (χ1) is 10.2. The van der Waals surface area contributed by atoms with Gasteiger partial charge in [0.15, 0.2) is 0 Å². The molecule has 0 radical (unpaired) electrons. The summed E-state index contributed by atoms with van der Waals surface area (Å²) in [6.45, 7) is 4.64. The highest BCUT2D eigenvalue weighted by Gasteiger charge is 2.20. The maximum absolute atomic E-state index is 14.0. The zero-order valence-electron chi connectivity index (χ0n) is 12.2. The van der Waals surface area contributed by atoms with Gasteiger partial charge in [0, 0.05) is 10.5 Å². The molecule has 0 aliphatic rings. The van der Waals surface area contributed by atoms with E-state index >= 15 is 0 Å². The molecule has 0 saturated carbocycles. The van der Waals surface area contributed by atoms with Crippen molar-refractivity contribution in [3.63, 3.8) is 0 Å². The molecule has 2 aromatic rings. The normalized spacial score (nSPS) is 12.4. The Bertz CT molecular complexity index is 564. The lowest BCUT2D eigenvalue weighted by atomic mass is 9.97. The molecule has 1 atom stereocenters. The molecule has 0 aromatic heterocycles. The third-order valence-electron chi connectivity index (χ3n) is 3.22. The van der Waals surface area contributed by atoms with E-state index in [4.69, 9.17) is 0 Å². The lowest BCUT2D eigenvalue weighted by Gasteiger charge is -2.20. The van der Waals surface area contributed by atoms with Crippen LogP contribution in [0.3, 0.4) is 0 Å². The second-order valence-electron chi connectivity index (χ2n) is 4.63. The number of hydrogen-bond acceptors (Lipinski definition) is 2. The molecule has 2 aromatic carbocycles. The Morgan fingerprint density at radius 1 is 1.00 bits per heavy atom. The molecule has 0 saturated heterocycles. The van der Waals surface area contributed by atoms with Gasteiger partial charge in [-0.05, 0) is 42.1 Å². The number of benzene rings is 2. The standard InChI is InChI=1S/C17H19F2NS/c1-3-20-17(16-14(18)6-5-7-15(16)19)12-8-10-13(11-9-12)21-4-2/h5-11,17,20H,3-4H2,1-2H3. The summed E-state index contributed by atoms with van der Waals surface area (Å²) in [4.78, 5) is 1.16. The van der Waals surface area contributed by atoms with Gasteiger partial charge in [-0.15, -0.1) is 11.8 Å². The first-order valence-corrected chi connectivity index (χ1v) is 8.06. The Labute approximate surface area is 128 Å². The van der Waals surface area contributed by atoms with Crippen molar-refractivity contribution in [3.8, 4) is 0 Å². The van der Waals surface area contributed by atoms with Gasteiger partial charge in [0.25, 0.3) is 0 Å². The van der Waals surface area contributed by atoms with Crippen molar-refractivity contribution >= 4 is 11.8 Å². The highest BCUT2D eigenvalue weighted by Crippen LogP contribution is 2.28. The van der Waals surface area contributed by atoms with Crippen LogP contribution in [0.1, 0.15) is 31.0 Å². The molecule has 0 aliphatic carbocycles. The monoisotopic (exact) mass is 307 g/mol. The quantitative estimate of drug-likeness (QED) is 0.771. The van der Waals surface area contributed by atoms with Crippen LogP contribution in [0.5, 0.6) is 0 Å². The van der Waals surface area contributed by atoms with Gasteiger partial charge in [0.1, 0.15) is 11.6 Å². The van der Waals surface area contributed by atoms with Gasteiger partial charge < -0.3 is 5.32 Å². The van der Waals surface area contributed by atoms with E-state index in [0.29, 0.717) is 6.54 Å². The first-order valence-electron chi connectivity index (χ1n) is 7.07. The van der Waals surface area contributed by atoms with Gasteiger partial charge >= 0.3 is 0 Å². The van der Waals surface area contributed by atoms with Gasteiger partial charge in [-0.2, -0.15) is 0 Å². The topological polar surface area (TPSA) is 12.0 Å². The Kier molecular flexibility index (Phi) is 5.76. The molecule has 4 heteroatoms. The fourth-order valence-corrected chi connectivity index (χ4v) is 2.96.